The number of nitrogens with one attached hydrogen (secondary N) is 1. The molecule has 0 aromatic heterocycles. The molecule has 0 aliphatic carbocycles. The Morgan fingerprint density at radius 3 is 2.58 bits per heavy atom. The van der Waals surface area contributed by atoms with Crippen LogP contribution in [0.15, 0.2) is 47.4 Å². The molecule has 2 aromatic rings. The van der Waals surface area contributed by atoms with Crippen molar-refractivity contribution < 1.29 is 27.1 Å². The van der Waals surface area contributed by atoms with Crippen molar-refractivity contribution in [2.24, 2.45) is 11.1 Å². The van der Waals surface area contributed by atoms with Crippen molar-refractivity contribution in [1.29, 1.82) is 0 Å². The molecule has 1 aliphatic rings. The van der Waals surface area contributed by atoms with Gasteiger partial charge in [0.25, 0.3) is 0 Å². The first-order valence-corrected chi connectivity index (χ1v) is 11.3. The van der Waals surface area contributed by atoms with E-state index in [2.05, 4.69) is 5.32 Å². The summed E-state index contributed by atoms with van der Waals surface area (Å²) in [5, 5.41) is 7.91. The van der Waals surface area contributed by atoms with Crippen LogP contribution in [0.3, 0.4) is 0 Å². The molecule has 0 bridgehead atoms. The predicted octanol–water partition coefficient (Wildman–Crippen LogP) is 1.90. The third-order valence-electron chi connectivity index (χ3n) is 5.15. The first kappa shape index (κ1) is 22.7. The zero-order valence-electron chi connectivity index (χ0n) is 17.0. The summed E-state index contributed by atoms with van der Waals surface area (Å²) in [5.74, 6) is -1.17. The topological polar surface area (TPSA) is 119 Å². The molecule has 31 heavy (non-hydrogen) atoms. The number of hydrogen-bond acceptors (Lipinski definition) is 5. The Morgan fingerprint density at radius 1 is 1.23 bits per heavy atom. The van der Waals surface area contributed by atoms with Gasteiger partial charge in [0.05, 0.1) is 19.4 Å². The first-order valence-electron chi connectivity index (χ1n) is 9.71. The van der Waals surface area contributed by atoms with Crippen LogP contribution in [-0.4, -0.2) is 45.3 Å². The number of carbonyl (C=O) groups excluding carboxylic acids is 2. The molecule has 3 rings (SSSR count). The van der Waals surface area contributed by atoms with Crippen LogP contribution in [0.1, 0.15) is 18.4 Å². The van der Waals surface area contributed by atoms with Gasteiger partial charge in [-0.2, -0.15) is 0 Å². The number of methoxy groups -OCH3 is 1. The lowest BCUT2D eigenvalue weighted by atomic mass is 9.96. The van der Waals surface area contributed by atoms with Gasteiger partial charge in [0.1, 0.15) is 16.5 Å². The number of halogens is 1. The van der Waals surface area contributed by atoms with Crippen LogP contribution in [-0.2, 0) is 26.0 Å². The van der Waals surface area contributed by atoms with Crippen LogP contribution in [0.2, 0.25) is 0 Å². The van der Waals surface area contributed by atoms with Crippen molar-refractivity contribution >= 4 is 27.5 Å². The molecule has 2 amide bonds. The quantitative estimate of drug-likeness (QED) is 0.698. The van der Waals surface area contributed by atoms with Crippen LogP contribution < -0.4 is 15.2 Å². The maximum atomic E-state index is 13.0. The number of rotatable bonds is 6. The molecular weight excluding hydrogens is 425 g/mol. The van der Waals surface area contributed by atoms with E-state index in [1.807, 2.05) is 0 Å². The number of primary sulfonamides is 1. The monoisotopic (exact) mass is 449 g/mol. The number of piperidine rings is 1. The van der Waals surface area contributed by atoms with E-state index in [9.17, 15) is 22.4 Å². The van der Waals surface area contributed by atoms with Crippen molar-refractivity contribution in [3.05, 3.63) is 53.8 Å². The van der Waals surface area contributed by atoms with E-state index >= 15 is 0 Å². The summed E-state index contributed by atoms with van der Waals surface area (Å²) in [6.45, 7) is 0.798. The fourth-order valence-corrected chi connectivity index (χ4v) is 4.25. The van der Waals surface area contributed by atoms with Crippen molar-refractivity contribution in [1.82, 2.24) is 4.90 Å². The SMILES string of the molecule is COc1ccc(NC(=O)C2CCCN(C(=O)Cc3ccc(F)cc3)C2)cc1S(N)(=O)=O. The maximum Gasteiger partial charge on any atom is 0.241 e. The summed E-state index contributed by atoms with van der Waals surface area (Å²) in [4.78, 5) is 26.8. The largest absolute Gasteiger partial charge is 0.495 e. The number of nitrogens with zero attached hydrogens (tertiary/aromatic N) is 1. The first-order chi connectivity index (χ1) is 14.7. The second kappa shape index (κ2) is 9.44. The number of amides is 2. The van der Waals surface area contributed by atoms with Crippen molar-refractivity contribution in [3.63, 3.8) is 0 Å². The minimum Gasteiger partial charge on any atom is -0.495 e. The van der Waals surface area contributed by atoms with Gasteiger partial charge in [-0.1, -0.05) is 12.1 Å². The van der Waals surface area contributed by atoms with Gasteiger partial charge in [-0.25, -0.2) is 17.9 Å². The van der Waals surface area contributed by atoms with Crippen molar-refractivity contribution in [2.45, 2.75) is 24.2 Å². The third kappa shape index (κ3) is 5.80. The van der Waals surface area contributed by atoms with Gasteiger partial charge >= 0.3 is 0 Å². The Hall–Kier alpha value is -2.98. The molecular formula is C21H24FN3O5S. The number of sulfonamides is 1. The number of benzene rings is 2. The fraction of sp³-hybridized carbons (Fsp3) is 0.333. The van der Waals surface area contributed by atoms with Crippen LogP contribution in [0, 0.1) is 11.7 Å². The van der Waals surface area contributed by atoms with Gasteiger partial charge in [0.2, 0.25) is 21.8 Å². The Balaban J connectivity index is 1.65. The normalized spacial score (nSPS) is 16.6. The summed E-state index contributed by atoms with van der Waals surface area (Å²) >= 11 is 0. The highest BCUT2D eigenvalue weighted by Gasteiger charge is 2.29. The van der Waals surface area contributed by atoms with Gasteiger partial charge in [-0.3, -0.25) is 9.59 Å². The van der Waals surface area contributed by atoms with E-state index in [0.29, 0.717) is 24.9 Å². The molecule has 1 aliphatic heterocycles. The Kier molecular flexibility index (Phi) is 6.91. The third-order valence-corrected chi connectivity index (χ3v) is 6.08. The molecule has 166 valence electrons. The predicted molar refractivity (Wildman–Crippen MR) is 112 cm³/mol. The highest BCUT2D eigenvalue weighted by atomic mass is 32.2. The molecule has 3 N–H and O–H groups in total. The average Bonchev–Trinajstić information content (AvgIpc) is 2.74. The summed E-state index contributed by atoms with van der Waals surface area (Å²) in [6.07, 6.45) is 1.40. The lowest BCUT2D eigenvalue weighted by Gasteiger charge is -2.32. The van der Waals surface area contributed by atoms with E-state index in [0.717, 1.165) is 0 Å². The van der Waals surface area contributed by atoms with E-state index < -0.39 is 15.9 Å². The molecule has 1 heterocycles. The summed E-state index contributed by atoms with van der Waals surface area (Å²) in [5.41, 5.74) is 0.969. The molecule has 0 spiro atoms. The van der Waals surface area contributed by atoms with Gasteiger partial charge < -0.3 is 15.0 Å². The molecule has 10 heteroatoms. The number of anilines is 1. The fourth-order valence-electron chi connectivity index (χ4n) is 3.53. The van der Waals surface area contributed by atoms with Crippen molar-refractivity contribution in [2.75, 3.05) is 25.5 Å². The summed E-state index contributed by atoms with van der Waals surface area (Å²) < 4.78 is 41.6. The number of ether oxygens (including phenoxy) is 1. The molecule has 1 atom stereocenters. The molecule has 8 nitrogen and oxygen atoms in total. The molecule has 1 saturated heterocycles. The van der Waals surface area contributed by atoms with E-state index in [1.54, 1.807) is 17.0 Å². The highest BCUT2D eigenvalue weighted by Crippen LogP contribution is 2.27. The molecule has 2 aromatic carbocycles. The smallest absolute Gasteiger partial charge is 0.241 e. The second-order valence-corrected chi connectivity index (χ2v) is 8.91. The molecule has 1 fully saturated rings. The van der Waals surface area contributed by atoms with Gasteiger partial charge in [0.15, 0.2) is 0 Å². The lowest BCUT2D eigenvalue weighted by Crippen LogP contribution is -2.44. The standard InChI is InChI=1S/C21H24FN3O5S/c1-30-18-9-8-17(12-19(18)31(23,28)29)24-21(27)15-3-2-10-25(13-15)20(26)11-14-4-6-16(22)7-5-14/h4-9,12,15H,2-3,10-11,13H2,1H3,(H,24,27)(H2,23,28,29). The van der Waals surface area contributed by atoms with Crippen LogP contribution in [0.5, 0.6) is 5.75 Å². The van der Waals surface area contributed by atoms with Crippen LogP contribution in [0.4, 0.5) is 10.1 Å². The Morgan fingerprint density at radius 2 is 1.94 bits per heavy atom. The second-order valence-electron chi connectivity index (χ2n) is 7.38. The van der Waals surface area contributed by atoms with Crippen LogP contribution in [0.25, 0.3) is 0 Å². The number of likely N-dealkylation sites (tertiary alicyclic amines) is 1. The average molecular weight is 450 g/mol. The van der Waals surface area contributed by atoms with Crippen molar-refractivity contribution in [3.8, 4) is 5.75 Å². The Labute approximate surface area is 180 Å². The van der Waals surface area contributed by atoms with E-state index in [1.165, 1.54) is 37.4 Å². The summed E-state index contributed by atoms with van der Waals surface area (Å²) in [6, 6.07) is 9.91. The lowest BCUT2D eigenvalue weighted by molar-refractivity contribution is -0.133. The minimum atomic E-state index is -4.03. The summed E-state index contributed by atoms with van der Waals surface area (Å²) in [7, 11) is -2.71. The van der Waals surface area contributed by atoms with E-state index in [-0.39, 0.29) is 46.9 Å². The minimum absolute atomic E-state index is 0.0794. The number of hydrogen-bond donors (Lipinski definition) is 2. The van der Waals surface area contributed by atoms with Gasteiger partial charge in [-0.05, 0) is 48.7 Å². The molecule has 1 unspecified atom stereocenters. The zero-order valence-corrected chi connectivity index (χ0v) is 17.8. The van der Waals surface area contributed by atoms with Crippen LogP contribution >= 0.6 is 0 Å². The Bertz CT molecular complexity index is 1070. The number of carbonyl (C=O) groups is 2. The van der Waals surface area contributed by atoms with Gasteiger partial charge in [0, 0.05) is 18.8 Å². The number of nitrogens with two attached hydrogens (primary N) is 1. The van der Waals surface area contributed by atoms with Gasteiger partial charge in [-0.15, -0.1) is 0 Å². The molecule has 0 saturated carbocycles. The maximum absolute atomic E-state index is 13.0. The van der Waals surface area contributed by atoms with E-state index in [4.69, 9.17) is 9.88 Å². The zero-order chi connectivity index (χ0) is 22.6. The molecule has 0 radical (unpaired) electrons. The highest BCUT2D eigenvalue weighted by molar-refractivity contribution is 7.89.